The van der Waals surface area contributed by atoms with Crippen LogP contribution in [0.4, 0.5) is 5.69 Å². The van der Waals surface area contributed by atoms with Crippen molar-refractivity contribution in [1.29, 1.82) is 0 Å². The summed E-state index contributed by atoms with van der Waals surface area (Å²) in [5.41, 5.74) is 1.15. The summed E-state index contributed by atoms with van der Waals surface area (Å²) < 4.78 is 1.28. The first-order valence-electron chi connectivity index (χ1n) is 10.2. The number of carbonyl (C=O) groups is 4. The number of carboxylic acid groups (broad SMARTS) is 2. The van der Waals surface area contributed by atoms with Crippen LogP contribution in [-0.2, 0) is 9.59 Å². The summed E-state index contributed by atoms with van der Waals surface area (Å²) >= 11 is 0. The van der Waals surface area contributed by atoms with Crippen LogP contribution in [0.15, 0.2) is 36.5 Å². The number of nitrogens with one attached hydrogen (secondary N) is 1. The monoisotopic (exact) mass is 453 g/mol. The number of carboxylic acids is 2. The molecule has 3 rings (SSSR count). The van der Waals surface area contributed by atoms with Crippen molar-refractivity contribution in [1.82, 2.24) is 19.9 Å². The van der Waals surface area contributed by atoms with Crippen LogP contribution >= 0.6 is 0 Å². The van der Waals surface area contributed by atoms with E-state index in [2.05, 4.69) is 15.4 Å². The van der Waals surface area contributed by atoms with Crippen LogP contribution in [0.5, 0.6) is 0 Å². The largest absolute Gasteiger partial charge is 0.481 e. The average Bonchev–Trinajstić information content (AvgIpc) is 3.17. The molecule has 0 aliphatic carbocycles. The molecule has 0 spiro atoms. The number of benzene rings is 1. The van der Waals surface area contributed by atoms with Crippen LogP contribution in [-0.4, -0.2) is 61.7 Å². The van der Waals surface area contributed by atoms with E-state index in [4.69, 9.17) is 5.11 Å². The van der Waals surface area contributed by atoms with E-state index in [0.29, 0.717) is 23.5 Å². The van der Waals surface area contributed by atoms with Gasteiger partial charge in [-0.05, 0) is 31.5 Å². The lowest BCUT2D eigenvalue weighted by molar-refractivity contribution is -0.137. The lowest BCUT2D eigenvalue weighted by Crippen LogP contribution is -2.27. The van der Waals surface area contributed by atoms with Gasteiger partial charge in [0.15, 0.2) is 11.3 Å². The molecule has 2 aromatic heterocycles. The second kappa shape index (κ2) is 9.90. The Hall–Kier alpha value is -4.28. The normalized spacial score (nSPS) is 10.7. The molecule has 0 aliphatic rings. The Morgan fingerprint density at radius 2 is 1.91 bits per heavy atom. The van der Waals surface area contributed by atoms with Crippen LogP contribution in [0.2, 0.25) is 0 Å². The second-order valence-electron chi connectivity index (χ2n) is 7.16. The quantitative estimate of drug-likeness (QED) is 0.416. The number of fused-ring (bicyclic) bond motifs is 1. The maximum absolute atomic E-state index is 12.7. The van der Waals surface area contributed by atoms with Gasteiger partial charge in [-0.25, -0.2) is 14.3 Å². The van der Waals surface area contributed by atoms with Crippen LogP contribution in [0.25, 0.3) is 16.9 Å². The molecule has 0 aliphatic heterocycles. The van der Waals surface area contributed by atoms with Gasteiger partial charge in [-0.3, -0.25) is 14.4 Å². The molecule has 0 atom stereocenters. The Bertz CT molecular complexity index is 1240. The van der Waals surface area contributed by atoms with Crippen molar-refractivity contribution in [3.63, 3.8) is 0 Å². The highest BCUT2D eigenvalue weighted by Crippen LogP contribution is 2.27. The topological polar surface area (TPSA) is 154 Å². The number of amides is 2. The molecule has 11 nitrogen and oxygen atoms in total. The van der Waals surface area contributed by atoms with E-state index in [1.165, 1.54) is 17.6 Å². The zero-order valence-corrected chi connectivity index (χ0v) is 18.1. The zero-order chi connectivity index (χ0) is 24.1. The minimum absolute atomic E-state index is 0.0463. The first kappa shape index (κ1) is 23.4. The van der Waals surface area contributed by atoms with E-state index in [-0.39, 0.29) is 36.5 Å². The number of hydrogen-bond acceptors (Lipinski definition) is 6. The summed E-state index contributed by atoms with van der Waals surface area (Å²) in [5, 5.41) is 25.0. The van der Waals surface area contributed by atoms with Crippen molar-refractivity contribution >= 4 is 35.1 Å². The number of aromatic nitrogens is 3. The van der Waals surface area contributed by atoms with Gasteiger partial charge in [-0.15, -0.1) is 0 Å². The van der Waals surface area contributed by atoms with Crippen LogP contribution in [0, 0.1) is 0 Å². The third-order valence-electron chi connectivity index (χ3n) is 4.95. The van der Waals surface area contributed by atoms with E-state index < -0.39 is 23.5 Å². The van der Waals surface area contributed by atoms with Crippen molar-refractivity contribution < 1.29 is 29.4 Å². The Morgan fingerprint density at radius 3 is 2.55 bits per heavy atom. The summed E-state index contributed by atoms with van der Waals surface area (Å²) in [6.07, 6.45) is 1.50. The number of nitrogens with zero attached hydrogens (tertiary/aromatic N) is 4. The molecule has 0 bridgehead atoms. The number of aromatic carboxylic acids is 1. The van der Waals surface area contributed by atoms with E-state index >= 15 is 0 Å². The summed E-state index contributed by atoms with van der Waals surface area (Å²) in [6, 6.07) is 8.73. The van der Waals surface area contributed by atoms with Gasteiger partial charge in [-0.1, -0.05) is 12.1 Å². The van der Waals surface area contributed by atoms with E-state index in [0.717, 1.165) is 0 Å². The fraction of sp³-hybridized carbons (Fsp3) is 0.273. The SMILES string of the molecule is CCN(C(C)=O)c1cccc(-c2ccnc3c(C(=O)NCCCC(=O)O)c(C(=O)O)nn23)c1. The van der Waals surface area contributed by atoms with Crippen LogP contribution in [0.1, 0.15) is 47.5 Å². The average molecular weight is 453 g/mol. The van der Waals surface area contributed by atoms with Gasteiger partial charge in [0.05, 0.1) is 5.69 Å². The number of anilines is 1. The van der Waals surface area contributed by atoms with Gasteiger partial charge in [-0.2, -0.15) is 5.10 Å². The number of aliphatic carboxylic acids is 1. The fourth-order valence-corrected chi connectivity index (χ4v) is 3.47. The Morgan fingerprint density at radius 1 is 1.15 bits per heavy atom. The molecule has 2 heterocycles. The highest BCUT2D eigenvalue weighted by Gasteiger charge is 2.26. The van der Waals surface area contributed by atoms with Crippen LogP contribution in [0.3, 0.4) is 0 Å². The molecule has 11 heteroatoms. The molecule has 0 saturated heterocycles. The molecule has 0 unspecified atom stereocenters. The van der Waals surface area contributed by atoms with E-state index in [1.54, 1.807) is 35.2 Å². The predicted molar refractivity (Wildman–Crippen MR) is 118 cm³/mol. The second-order valence-corrected chi connectivity index (χ2v) is 7.16. The van der Waals surface area contributed by atoms with Crippen LogP contribution < -0.4 is 10.2 Å². The van der Waals surface area contributed by atoms with Gasteiger partial charge < -0.3 is 20.4 Å². The van der Waals surface area contributed by atoms with Gasteiger partial charge in [0, 0.05) is 43.9 Å². The summed E-state index contributed by atoms with van der Waals surface area (Å²) in [6.45, 7) is 3.85. The third-order valence-corrected chi connectivity index (χ3v) is 4.95. The number of hydrogen-bond donors (Lipinski definition) is 3. The molecular formula is C22H23N5O6. The van der Waals surface area contributed by atoms with Crippen molar-refractivity contribution in [3.05, 3.63) is 47.8 Å². The molecular weight excluding hydrogens is 430 g/mol. The summed E-state index contributed by atoms with van der Waals surface area (Å²) in [7, 11) is 0. The van der Waals surface area contributed by atoms with E-state index in [9.17, 15) is 24.3 Å². The third kappa shape index (κ3) is 4.97. The van der Waals surface area contributed by atoms with Gasteiger partial charge in [0.1, 0.15) is 5.56 Å². The van der Waals surface area contributed by atoms with Crippen molar-refractivity contribution in [2.24, 2.45) is 0 Å². The Labute approximate surface area is 188 Å². The van der Waals surface area contributed by atoms with Gasteiger partial charge in [0.2, 0.25) is 5.91 Å². The molecule has 1 aromatic carbocycles. The minimum atomic E-state index is -1.40. The number of carbonyl (C=O) groups excluding carboxylic acids is 2. The Kier molecular flexibility index (Phi) is 7.01. The van der Waals surface area contributed by atoms with E-state index in [1.807, 2.05) is 6.92 Å². The maximum atomic E-state index is 12.7. The molecule has 2 amide bonds. The summed E-state index contributed by atoms with van der Waals surface area (Å²) in [5.74, 6) is -3.22. The van der Waals surface area contributed by atoms with Crippen molar-refractivity contribution in [2.75, 3.05) is 18.0 Å². The minimum Gasteiger partial charge on any atom is -0.481 e. The Balaban J connectivity index is 2.06. The predicted octanol–water partition coefficient (Wildman–Crippen LogP) is 2.06. The molecule has 0 saturated carbocycles. The smallest absolute Gasteiger partial charge is 0.357 e. The first-order chi connectivity index (χ1) is 15.7. The highest BCUT2D eigenvalue weighted by atomic mass is 16.4. The lowest BCUT2D eigenvalue weighted by atomic mass is 10.1. The fourth-order valence-electron chi connectivity index (χ4n) is 3.47. The zero-order valence-electron chi connectivity index (χ0n) is 18.1. The lowest BCUT2D eigenvalue weighted by Gasteiger charge is -2.19. The standard InChI is InChI=1S/C22H23N5O6/c1-3-26(13(2)28)15-7-4-6-14(12-15)16-9-11-23-20-18(19(22(32)33)25-27(16)20)21(31)24-10-5-8-17(29)30/h4,6-7,9,11-12H,3,5,8,10H2,1-2H3,(H,24,31)(H,29,30)(H,32,33). The highest BCUT2D eigenvalue weighted by molar-refractivity contribution is 6.08. The maximum Gasteiger partial charge on any atom is 0.357 e. The molecule has 3 aromatic rings. The summed E-state index contributed by atoms with van der Waals surface area (Å²) in [4.78, 5) is 52.9. The molecule has 0 fully saturated rings. The first-order valence-corrected chi connectivity index (χ1v) is 10.2. The van der Waals surface area contributed by atoms with Gasteiger partial charge in [0.25, 0.3) is 5.91 Å². The molecule has 33 heavy (non-hydrogen) atoms. The van der Waals surface area contributed by atoms with Crippen molar-refractivity contribution in [2.45, 2.75) is 26.7 Å². The molecule has 0 radical (unpaired) electrons. The van der Waals surface area contributed by atoms with Gasteiger partial charge >= 0.3 is 11.9 Å². The molecule has 3 N–H and O–H groups in total. The van der Waals surface area contributed by atoms with Crippen molar-refractivity contribution in [3.8, 4) is 11.3 Å². The number of rotatable bonds is 9. The molecule has 172 valence electrons.